The highest BCUT2D eigenvalue weighted by atomic mass is 16.5. The number of benzene rings is 1. The average molecular weight is 176 g/mol. The normalized spacial score (nSPS) is 21.3. The van der Waals surface area contributed by atoms with Crippen LogP contribution in [-0.2, 0) is 11.2 Å². The SMILES string of the molecule is CO[C@H]1CCc2ccccc2C1=O. The minimum atomic E-state index is -0.227. The van der Waals surface area contributed by atoms with Crippen molar-refractivity contribution >= 4 is 5.78 Å². The van der Waals surface area contributed by atoms with Crippen molar-refractivity contribution in [3.05, 3.63) is 35.4 Å². The van der Waals surface area contributed by atoms with Crippen LogP contribution in [0.4, 0.5) is 0 Å². The van der Waals surface area contributed by atoms with E-state index in [1.165, 1.54) is 0 Å². The summed E-state index contributed by atoms with van der Waals surface area (Å²) in [7, 11) is 1.59. The van der Waals surface area contributed by atoms with E-state index >= 15 is 0 Å². The van der Waals surface area contributed by atoms with E-state index in [1.54, 1.807) is 7.11 Å². The molecule has 0 radical (unpaired) electrons. The molecule has 0 aromatic heterocycles. The molecule has 2 rings (SSSR count). The van der Waals surface area contributed by atoms with E-state index in [0.717, 1.165) is 24.0 Å². The van der Waals surface area contributed by atoms with Gasteiger partial charge in [-0.05, 0) is 18.4 Å². The highest BCUT2D eigenvalue weighted by Gasteiger charge is 2.26. The number of hydrogen-bond donors (Lipinski definition) is 0. The molecule has 1 aliphatic carbocycles. The summed E-state index contributed by atoms with van der Waals surface area (Å²) in [5, 5.41) is 0. The number of aryl methyl sites for hydroxylation is 1. The molecule has 68 valence electrons. The Labute approximate surface area is 77.5 Å². The van der Waals surface area contributed by atoms with Crippen LogP contribution in [0.1, 0.15) is 22.3 Å². The first-order valence-electron chi connectivity index (χ1n) is 4.48. The van der Waals surface area contributed by atoms with E-state index in [0.29, 0.717) is 0 Å². The first-order valence-corrected chi connectivity index (χ1v) is 4.48. The molecule has 1 aliphatic rings. The number of methoxy groups -OCH3 is 1. The van der Waals surface area contributed by atoms with Gasteiger partial charge in [-0.25, -0.2) is 0 Å². The molecule has 2 nitrogen and oxygen atoms in total. The molecule has 1 atom stereocenters. The number of carbonyl (C=O) groups is 1. The second-order valence-electron chi connectivity index (χ2n) is 3.28. The van der Waals surface area contributed by atoms with Gasteiger partial charge < -0.3 is 4.74 Å². The molecule has 2 heteroatoms. The van der Waals surface area contributed by atoms with Gasteiger partial charge in [0.05, 0.1) is 0 Å². The van der Waals surface area contributed by atoms with Crippen LogP contribution in [0, 0.1) is 0 Å². The summed E-state index contributed by atoms with van der Waals surface area (Å²) < 4.78 is 5.11. The lowest BCUT2D eigenvalue weighted by Gasteiger charge is -2.21. The van der Waals surface area contributed by atoms with Gasteiger partial charge in [-0.1, -0.05) is 24.3 Å². The zero-order valence-corrected chi connectivity index (χ0v) is 7.62. The van der Waals surface area contributed by atoms with Crippen molar-refractivity contribution < 1.29 is 9.53 Å². The van der Waals surface area contributed by atoms with Crippen molar-refractivity contribution in [2.24, 2.45) is 0 Å². The van der Waals surface area contributed by atoms with Crippen molar-refractivity contribution in [3.8, 4) is 0 Å². The lowest BCUT2D eigenvalue weighted by atomic mass is 9.89. The summed E-state index contributed by atoms with van der Waals surface area (Å²) in [6.45, 7) is 0. The van der Waals surface area contributed by atoms with E-state index in [2.05, 4.69) is 0 Å². The molecular formula is C11H12O2. The third kappa shape index (κ3) is 1.38. The zero-order chi connectivity index (χ0) is 9.26. The Morgan fingerprint density at radius 1 is 1.38 bits per heavy atom. The fraction of sp³-hybridized carbons (Fsp3) is 0.364. The van der Waals surface area contributed by atoms with E-state index in [9.17, 15) is 4.79 Å². The number of Topliss-reactive ketones (excluding diaryl/α,β-unsaturated/α-hetero) is 1. The summed E-state index contributed by atoms with van der Waals surface area (Å²) in [5.41, 5.74) is 1.99. The van der Waals surface area contributed by atoms with E-state index in [-0.39, 0.29) is 11.9 Å². The lowest BCUT2D eigenvalue weighted by molar-refractivity contribution is 0.0559. The third-order valence-corrected chi connectivity index (χ3v) is 2.54. The fourth-order valence-corrected chi connectivity index (χ4v) is 1.79. The summed E-state index contributed by atoms with van der Waals surface area (Å²) in [6.07, 6.45) is 1.53. The Balaban J connectivity index is 2.39. The highest BCUT2D eigenvalue weighted by molar-refractivity contribution is 6.01. The monoisotopic (exact) mass is 176 g/mol. The fourth-order valence-electron chi connectivity index (χ4n) is 1.79. The molecule has 13 heavy (non-hydrogen) atoms. The van der Waals surface area contributed by atoms with Gasteiger partial charge in [0.15, 0.2) is 5.78 Å². The maximum Gasteiger partial charge on any atom is 0.191 e. The molecular weight excluding hydrogens is 164 g/mol. The molecule has 0 unspecified atom stereocenters. The van der Waals surface area contributed by atoms with E-state index < -0.39 is 0 Å². The largest absolute Gasteiger partial charge is 0.373 e. The number of fused-ring (bicyclic) bond motifs is 1. The topological polar surface area (TPSA) is 26.3 Å². The van der Waals surface area contributed by atoms with Gasteiger partial charge in [0.25, 0.3) is 0 Å². The smallest absolute Gasteiger partial charge is 0.191 e. The van der Waals surface area contributed by atoms with Gasteiger partial charge in [-0.2, -0.15) is 0 Å². The number of ketones is 1. The first-order chi connectivity index (χ1) is 6.33. The summed E-state index contributed by atoms with van der Waals surface area (Å²) in [5.74, 6) is 0.129. The Hall–Kier alpha value is -1.15. The number of ether oxygens (including phenoxy) is 1. The number of rotatable bonds is 1. The van der Waals surface area contributed by atoms with Gasteiger partial charge in [-0.15, -0.1) is 0 Å². The first kappa shape index (κ1) is 8.45. The second kappa shape index (κ2) is 3.30. The molecule has 0 saturated carbocycles. The minimum Gasteiger partial charge on any atom is -0.373 e. The summed E-state index contributed by atoms with van der Waals surface area (Å²) >= 11 is 0. The van der Waals surface area contributed by atoms with Crippen molar-refractivity contribution in [1.82, 2.24) is 0 Å². The molecule has 1 aromatic rings. The maximum absolute atomic E-state index is 11.7. The van der Waals surface area contributed by atoms with Crippen LogP contribution < -0.4 is 0 Å². The summed E-state index contributed by atoms with van der Waals surface area (Å²) in [4.78, 5) is 11.7. The second-order valence-corrected chi connectivity index (χ2v) is 3.28. The van der Waals surface area contributed by atoms with Crippen LogP contribution in [-0.4, -0.2) is 19.0 Å². The summed E-state index contributed by atoms with van der Waals surface area (Å²) in [6, 6.07) is 7.76. The molecule has 0 saturated heterocycles. The number of hydrogen-bond acceptors (Lipinski definition) is 2. The maximum atomic E-state index is 11.7. The van der Waals surface area contributed by atoms with Crippen molar-refractivity contribution in [2.45, 2.75) is 18.9 Å². The highest BCUT2D eigenvalue weighted by Crippen LogP contribution is 2.22. The van der Waals surface area contributed by atoms with Crippen molar-refractivity contribution in [1.29, 1.82) is 0 Å². The van der Waals surface area contributed by atoms with Crippen LogP contribution in [0.2, 0.25) is 0 Å². The predicted molar refractivity (Wildman–Crippen MR) is 49.9 cm³/mol. The Morgan fingerprint density at radius 3 is 2.92 bits per heavy atom. The van der Waals surface area contributed by atoms with Gasteiger partial charge in [0.1, 0.15) is 6.10 Å². The molecule has 0 amide bonds. The molecule has 0 bridgehead atoms. The quantitative estimate of drug-likeness (QED) is 0.652. The average Bonchev–Trinajstić information content (AvgIpc) is 2.19. The van der Waals surface area contributed by atoms with Crippen LogP contribution in [0.25, 0.3) is 0 Å². The van der Waals surface area contributed by atoms with Crippen LogP contribution in [0.3, 0.4) is 0 Å². The minimum absolute atomic E-state index is 0.129. The van der Waals surface area contributed by atoms with Gasteiger partial charge >= 0.3 is 0 Å². The third-order valence-electron chi connectivity index (χ3n) is 2.54. The molecule has 0 aliphatic heterocycles. The Kier molecular flexibility index (Phi) is 2.15. The lowest BCUT2D eigenvalue weighted by Crippen LogP contribution is -2.28. The van der Waals surface area contributed by atoms with Crippen LogP contribution in [0.15, 0.2) is 24.3 Å². The van der Waals surface area contributed by atoms with Crippen LogP contribution >= 0.6 is 0 Å². The standard InChI is InChI=1S/C11H12O2/c1-13-10-7-6-8-4-2-3-5-9(8)11(10)12/h2-5,10H,6-7H2,1H3/t10-/m0/s1. The van der Waals surface area contributed by atoms with Gasteiger partial charge in [-0.3, -0.25) is 4.79 Å². The zero-order valence-electron chi connectivity index (χ0n) is 7.62. The van der Waals surface area contributed by atoms with Crippen molar-refractivity contribution in [3.63, 3.8) is 0 Å². The van der Waals surface area contributed by atoms with Crippen molar-refractivity contribution in [2.75, 3.05) is 7.11 Å². The Morgan fingerprint density at radius 2 is 2.15 bits per heavy atom. The molecule has 1 aromatic carbocycles. The molecule has 0 fully saturated rings. The van der Waals surface area contributed by atoms with E-state index in [1.807, 2.05) is 24.3 Å². The Bertz CT molecular complexity index is 331. The number of carbonyl (C=O) groups excluding carboxylic acids is 1. The molecule has 0 spiro atoms. The predicted octanol–water partition coefficient (Wildman–Crippen LogP) is 1.83. The molecule has 0 N–H and O–H groups in total. The molecule has 0 heterocycles. The van der Waals surface area contributed by atoms with Crippen LogP contribution in [0.5, 0.6) is 0 Å². The van der Waals surface area contributed by atoms with Gasteiger partial charge in [0.2, 0.25) is 0 Å². The van der Waals surface area contributed by atoms with Gasteiger partial charge in [0, 0.05) is 12.7 Å². The van der Waals surface area contributed by atoms with E-state index in [4.69, 9.17) is 4.74 Å².